The maximum atomic E-state index is 10.2. The van der Waals surface area contributed by atoms with E-state index in [0.29, 0.717) is 19.0 Å². The Labute approximate surface area is 135 Å². The molecule has 1 aliphatic heterocycles. The van der Waals surface area contributed by atoms with Crippen molar-refractivity contribution in [2.75, 3.05) is 44.7 Å². The van der Waals surface area contributed by atoms with E-state index in [0.717, 1.165) is 32.0 Å². The van der Waals surface area contributed by atoms with Gasteiger partial charge in [-0.1, -0.05) is 22.8 Å². The second kappa shape index (κ2) is 7.49. The van der Waals surface area contributed by atoms with Gasteiger partial charge >= 0.3 is 0 Å². The lowest BCUT2D eigenvalue weighted by atomic mass is 10.2. The number of nitrogens with one attached hydrogen (secondary N) is 1. The average molecular weight is 318 g/mol. The summed E-state index contributed by atoms with van der Waals surface area (Å²) >= 11 is 0. The second-order valence-electron chi connectivity index (χ2n) is 5.70. The van der Waals surface area contributed by atoms with E-state index in [4.69, 9.17) is 4.74 Å². The smallest absolute Gasteiger partial charge is 0.247 e. The molecule has 1 aromatic heterocycles. The highest BCUT2D eigenvalue weighted by molar-refractivity contribution is 5.39. The van der Waals surface area contributed by atoms with Crippen molar-refractivity contribution in [2.45, 2.75) is 13.0 Å². The second-order valence-corrected chi connectivity index (χ2v) is 5.70. The van der Waals surface area contributed by atoms with Crippen LogP contribution in [0.5, 0.6) is 0 Å². The number of aryl methyl sites for hydroxylation is 1. The summed E-state index contributed by atoms with van der Waals surface area (Å²) in [6.45, 7) is 6.21. The van der Waals surface area contributed by atoms with Gasteiger partial charge in [-0.25, -0.2) is 0 Å². The first-order valence-corrected chi connectivity index (χ1v) is 7.80. The van der Waals surface area contributed by atoms with Crippen LogP contribution in [-0.2, 0) is 4.74 Å². The molecule has 124 valence electrons. The number of benzene rings is 1. The number of hydrogen-bond donors (Lipinski definition) is 2. The van der Waals surface area contributed by atoms with Crippen LogP contribution in [0.25, 0.3) is 5.69 Å². The molecule has 0 saturated carbocycles. The molecule has 2 N–H and O–H groups in total. The summed E-state index contributed by atoms with van der Waals surface area (Å²) in [4.78, 5) is 2.19. The highest BCUT2D eigenvalue weighted by Gasteiger charge is 2.16. The molecule has 1 aliphatic rings. The lowest BCUT2D eigenvalue weighted by Gasteiger charge is -2.28. The highest BCUT2D eigenvalue weighted by atomic mass is 16.5. The van der Waals surface area contributed by atoms with Crippen LogP contribution in [0.4, 0.5) is 5.95 Å². The van der Waals surface area contributed by atoms with Crippen molar-refractivity contribution in [1.29, 1.82) is 0 Å². The number of tetrazole rings is 1. The van der Waals surface area contributed by atoms with E-state index in [1.807, 2.05) is 31.2 Å². The third-order valence-corrected chi connectivity index (χ3v) is 3.82. The molecule has 0 spiro atoms. The molecular formula is C15H22N6O2. The number of nitrogens with zero attached hydrogens (tertiary/aromatic N) is 5. The number of rotatable bonds is 6. The first-order valence-electron chi connectivity index (χ1n) is 7.80. The van der Waals surface area contributed by atoms with Crippen molar-refractivity contribution >= 4 is 5.95 Å². The van der Waals surface area contributed by atoms with Gasteiger partial charge in [0.25, 0.3) is 0 Å². The van der Waals surface area contributed by atoms with Crippen molar-refractivity contribution in [1.82, 2.24) is 25.1 Å². The largest absolute Gasteiger partial charge is 0.390 e. The zero-order valence-electron chi connectivity index (χ0n) is 13.2. The minimum Gasteiger partial charge on any atom is -0.390 e. The highest BCUT2D eigenvalue weighted by Crippen LogP contribution is 2.12. The minimum atomic E-state index is -0.490. The standard InChI is InChI=1S/C15H22N6O2/c1-12-2-4-13(5-3-12)21-15(17-18-19-21)16-10-14(22)11-20-6-8-23-9-7-20/h2-5,14,22H,6-11H2,1H3,(H,16,17,19). The van der Waals surface area contributed by atoms with Crippen LogP contribution >= 0.6 is 0 Å². The summed E-state index contributed by atoms with van der Waals surface area (Å²) in [5.74, 6) is 0.523. The molecule has 1 unspecified atom stereocenters. The first-order chi connectivity index (χ1) is 11.2. The van der Waals surface area contributed by atoms with E-state index in [-0.39, 0.29) is 0 Å². The number of aliphatic hydroxyl groups excluding tert-OH is 1. The Morgan fingerprint density at radius 1 is 1.26 bits per heavy atom. The Morgan fingerprint density at radius 2 is 2.00 bits per heavy atom. The first kappa shape index (κ1) is 15.9. The molecule has 1 fully saturated rings. The summed E-state index contributed by atoms with van der Waals surface area (Å²) in [7, 11) is 0. The van der Waals surface area contributed by atoms with Crippen molar-refractivity contribution in [3.05, 3.63) is 29.8 Å². The number of hydrogen-bond acceptors (Lipinski definition) is 7. The number of β-amino-alcohol motifs (C(OH)–C–C–N with tert-alkyl or cyclic N) is 1. The SMILES string of the molecule is Cc1ccc(-n2nnnc2NCC(O)CN2CCOCC2)cc1. The summed E-state index contributed by atoms with van der Waals surface area (Å²) in [5, 5.41) is 25.0. The molecule has 0 amide bonds. The van der Waals surface area contributed by atoms with Crippen LogP contribution < -0.4 is 5.32 Å². The maximum absolute atomic E-state index is 10.2. The van der Waals surface area contributed by atoms with Crippen molar-refractivity contribution in [2.24, 2.45) is 0 Å². The van der Waals surface area contributed by atoms with Crippen LogP contribution in [0.15, 0.2) is 24.3 Å². The topological polar surface area (TPSA) is 88.3 Å². The molecule has 0 radical (unpaired) electrons. The van der Waals surface area contributed by atoms with Gasteiger partial charge in [0.2, 0.25) is 5.95 Å². The molecule has 1 saturated heterocycles. The van der Waals surface area contributed by atoms with Crippen LogP contribution in [0.1, 0.15) is 5.56 Å². The predicted octanol–water partition coefficient (Wildman–Crippen LogP) is 0.0757. The fourth-order valence-electron chi connectivity index (χ4n) is 2.51. The number of aromatic nitrogens is 4. The predicted molar refractivity (Wildman–Crippen MR) is 85.6 cm³/mol. The van der Waals surface area contributed by atoms with E-state index in [1.165, 1.54) is 5.56 Å². The summed E-state index contributed by atoms with van der Waals surface area (Å²) in [6, 6.07) is 7.93. The van der Waals surface area contributed by atoms with Gasteiger partial charge in [-0.05, 0) is 29.5 Å². The van der Waals surface area contributed by atoms with Crippen molar-refractivity contribution in [3.8, 4) is 5.69 Å². The van der Waals surface area contributed by atoms with Crippen molar-refractivity contribution in [3.63, 3.8) is 0 Å². The summed E-state index contributed by atoms with van der Waals surface area (Å²) in [5.41, 5.74) is 2.06. The molecule has 8 heteroatoms. The Bertz CT molecular complexity index is 609. The summed E-state index contributed by atoms with van der Waals surface area (Å²) < 4.78 is 6.93. The van der Waals surface area contributed by atoms with Crippen molar-refractivity contribution < 1.29 is 9.84 Å². The normalized spacial score (nSPS) is 17.1. The fraction of sp³-hybridized carbons (Fsp3) is 0.533. The van der Waals surface area contributed by atoms with Gasteiger partial charge in [-0.15, -0.1) is 0 Å². The number of anilines is 1. The molecule has 2 heterocycles. The number of aliphatic hydroxyl groups is 1. The van der Waals surface area contributed by atoms with Gasteiger partial charge < -0.3 is 15.2 Å². The minimum absolute atomic E-state index is 0.392. The molecule has 0 bridgehead atoms. The van der Waals surface area contributed by atoms with E-state index in [1.54, 1.807) is 4.68 Å². The monoisotopic (exact) mass is 318 g/mol. The van der Waals surface area contributed by atoms with E-state index in [2.05, 4.69) is 25.7 Å². The lowest BCUT2D eigenvalue weighted by molar-refractivity contribution is 0.0171. The summed E-state index contributed by atoms with van der Waals surface area (Å²) in [6.07, 6.45) is -0.490. The molecular weight excluding hydrogens is 296 g/mol. The fourth-order valence-corrected chi connectivity index (χ4v) is 2.51. The lowest BCUT2D eigenvalue weighted by Crippen LogP contribution is -2.42. The quantitative estimate of drug-likeness (QED) is 0.779. The van der Waals surface area contributed by atoms with E-state index < -0.39 is 6.10 Å². The van der Waals surface area contributed by atoms with Gasteiger partial charge in [0, 0.05) is 26.2 Å². The van der Waals surface area contributed by atoms with Gasteiger partial charge in [-0.2, -0.15) is 4.68 Å². The molecule has 23 heavy (non-hydrogen) atoms. The molecule has 2 aromatic rings. The number of ether oxygens (including phenoxy) is 1. The Morgan fingerprint density at radius 3 is 2.74 bits per heavy atom. The van der Waals surface area contributed by atoms with E-state index >= 15 is 0 Å². The zero-order valence-corrected chi connectivity index (χ0v) is 13.2. The molecule has 1 aromatic carbocycles. The van der Waals surface area contributed by atoms with Gasteiger partial charge in [-0.3, -0.25) is 4.90 Å². The maximum Gasteiger partial charge on any atom is 0.247 e. The third kappa shape index (κ3) is 4.25. The Balaban J connectivity index is 1.56. The average Bonchev–Trinajstić information content (AvgIpc) is 3.03. The molecule has 1 atom stereocenters. The molecule has 3 rings (SSSR count). The Hall–Kier alpha value is -2.03. The van der Waals surface area contributed by atoms with E-state index in [9.17, 15) is 5.11 Å². The van der Waals surface area contributed by atoms with Crippen LogP contribution in [0.3, 0.4) is 0 Å². The van der Waals surface area contributed by atoms with Gasteiger partial charge in [0.15, 0.2) is 0 Å². The van der Waals surface area contributed by atoms with Crippen LogP contribution in [0.2, 0.25) is 0 Å². The molecule has 8 nitrogen and oxygen atoms in total. The van der Waals surface area contributed by atoms with Crippen LogP contribution in [0, 0.1) is 6.92 Å². The third-order valence-electron chi connectivity index (χ3n) is 3.82. The van der Waals surface area contributed by atoms with Gasteiger partial charge in [0.1, 0.15) is 0 Å². The Kier molecular flexibility index (Phi) is 5.16. The zero-order chi connectivity index (χ0) is 16.1. The molecule has 0 aliphatic carbocycles. The number of morpholine rings is 1. The van der Waals surface area contributed by atoms with Gasteiger partial charge in [0.05, 0.1) is 25.0 Å². The van der Waals surface area contributed by atoms with Crippen LogP contribution in [-0.4, -0.2) is 75.7 Å².